The van der Waals surface area contributed by atoms with Crippen molar-refractivity contribution in [3.63, 3.8) is 0 Å². The maximum absolute atomic E-state index is 2.44. The highest BCUT2D eigenvalue weighted by molar-refractivity contribution is 4.81. The largest absolute Gasteiger partial charge is 0.0776 e. The van der Waals surface area contributed by atoms with Crippen LogP contribution in [-0.2, 0) is 0 Å². The van der Waals surface area contributed by atoms with Gasteiger partial charge in [0.15, 0.2) is 0 Å². The minimum Gasteiger partial charge on any atom is -0.0776 e. The van der Waals surface area contributed by atoms with Crippen LogP contribution < -0.4 is 0 Å². The van der Waals surface area contributed by atoms with Crippen LogP contribution >= 0.6 is 0 Å². The second-order valence-electron chi connectivity index (χ2n) is 4.72. The van der Waals surface area contributed by atoms with Crippen molar-refractivity contribution in [2.45, 2.75) is 66.7 Å². The Balaban J connectivity index is 0.000000720. The molecule has 0 radical (unpaired) electrons. The van der Waals surface area contributed by atoms with E-state index in [4.69, 9.17) is 0 Å². The third kappa shape index (κ3) is 3.00. The van der Waals surface area contributed by atoms with Gasteiger partial charge in [0.05, 0.1) is 0 Å². The van der Waals surface area contributed by atoms with Crippen molar-refractivity contribution in [3.8, 4) is 0 Å². The van der Waals surface area contributed by atoms with Crippen LogP contribution in [0.1, 0.15) is 66.7 Å². The van der Waals surface area contributed by atoms with E-state index in [-0.39, 0.29) is 14.9 Å². The summed E-state index contributed by atoms with van der Waals surface area (Å²) in [5, 5.41) is 0. The van der Waals surface area contributed by atoms with Crippen LogP contribution in [-0.4, -0.2) is 0 Å². The number of fused-ring (bicyclic) bond motifs is 1. The minimum absolute atomic E-state index is 0. The van der Waals surface area contributed by atoms with Crippen molar-refractivity contribution in [2.75, 3.05) is 0 Å². The predicted molar refractivity (Wildman–Crippen MR) is 61.9 cm³/mol. The molecule has 0 aliphatic heterocycles. The summed E-state index contributed by atoms with van der Waals surface area (Å²) in [6, 6.07) is 0. The minimum atomic E-state index is 0. The number of rotatable bonds is 0. The molecule has 3 unspecified atom stereocenters. The summed E-state index contributed by atoms with van der Waals surface area (Å²) < 4.78 is 0. The van der Waals surface area contributed by atoms with E-state index in [1.165, 1.54) is 19.3 Å². The van der Waals surface area contributed by atoms with E-state index in [9.17, 15) is 0 Å². The number of hydrogen-bond acceptors (Lipinski definition) is 0. The average molecular weight is 184 g/mol. The Morgan fingerprint density at radius 2 is 1.38 bits per heavy atom. The lowest BCUT2D eigenvalue weighted by Gasteiger charge is -2.38. The Morgan fingerprint density at radius 1 is 0.769 bits per heavy atom. The van der Waals surface area contributed by atoms with E-state index in [1.807, 2.05) is 0 Å². The average Bonchev–Trinajstić information content (AvgIpc) is 2.04. The molecule has 0 saturated heterocycles. The van der Waals surface area contributed by atoms with E-state index >= 15 is 0 Å². The van der Waals surface area contributed by atoms with Crippen LogP contribution in [0.3, 0.4) is 0 Å². The van der Waals surface area contributed by atoms with Crippen molar-refractivity contribution in [1.82, 2.24) is 0 Å². The zero-order valence-corrected chi connectivity index (χ0v) is 7.68. The van der Waals surface area contributed by atoms with Crippen molar-refractivity contribution in [3.05, 3.63) is 0 Å². The number of hydrogen-bond donors (Lipinski definition) is 0. The molecule has 0 aromatic carbocycles. The first-order valence-electron chi connectivity index (χ1n) is 5.36. The van der Waals surface area contributed by atoms with Gasteiger partial charge in [-0.1, -0.05) is 53.9 Å². The molecule has 2 fully saturated rings. The van der Waals surface area contributed by atoms with Crippen LogP contribution in [0.5, 0.6) is 0 Å². The summed E-state index contributed by atoms with van der Waals surface area (Å²) >= 11 is 0. The van der Waals surface area contributed by atoms with Gasteiger partial charge in [-0.25, -0.2) is 0 Å². The van der Waals surface area contributed by atoms with E-state index in [0.717, 1.165) is 17.8 Å². The highest BCUT2D eigenvalue weighted by atomic mass is 14.4. The highest BCUT2D eigenvalue weighted by Crippen LogP contribution is 2.42. The molecular formula is C13H28. The maximum atomic E-state index is 2.44. The van der Waals surface area contributed by atoms with Crippen LogP contribution in [0.15, 0.2) is 0 Å². The molecule has 0 heterocycles. The zero-order chi connectivity index (χ0) is 7.68. The summed E-state index contributed by atoms with van der Waals surface area (Å²) in [4.78, 5) is 0. The fourth-order valence-electron chi connectivity index (χ4n) is 3.11. The van der Waals surface area contributed by atoms with Gasteiger partial charge in [0.1, 0.15) is 0 Å². The lowest BCUT2D eigenvalue weighted by atomic mass is 9.68. The SMILES string of the molecule is C.C.CC1CCC2CCCCC2C1. The molecule has 0 spiro atoms. The first-order valence-corrected chi connectivity index (χ1v) is 5.36. The van der Waals surface area contributed by atoms with E-state index < -0.39 is 0 Å². The smallest absolute Gasteiger partial charge is 0.0383 e. The second-order valence-corrected chi connectivity index (χ2v) is 4.72. The predicted octanol–water partition coefficient (Wildman–Crippen LogP) is 4.89. The lowest BCUT2D eigenvalue weighted by molar-refractivity contribution is 0.137. The van der Waals surface area contributed by atoms with Gasteiger partial charge in [-0.3, -0.25) is 0 Å². The first-order chi connectivity index (χ1) is 5.36. The topological polar surface area (TPSA) is 0 Å². The van der Waals surface area contributed by atoms with Gasteiger partial charge < -0.3 is 0 Å². The van der Waals surface area contributed by atoms with Gasteiger partial charge in [0.2, 0.25) is 0 Å². The molecular weight excluding hydrogens is 156 g/mol. The Kier molecular flexibility index (Phi) is 5.67. The first kappa shape index (κ1) is 13.0. The molecule has 0 aromatic rings. The van der Waals surface area contributed by atoms with Crippen LogP contribution in [0, 0.1) is 17.8 Å². The molecule has 13 heavy (non-hydrogen) atoms. The van der Waals surface area contributed by atoms with Gasteiger partial charge in [-0.15, -0.1) is 0 Å². The third-order valence-electron chi connectivity index (χ3n) is 3.80. The summed E-state index contributed by atoms with van der Waals surface area (Å²) in [6.07, 6.45) is 10.8. The molecule has 2 rings (SSSR count). The molecule has 2 aliphatic carbocycles. The molecule has 0 amide bonds. The highest BCUT2D eigenvalue weighted by Gasteiger charge is 2.29. The summed E-state index contributed by atoms with van der Waals surface area (Å²) in [5.41, 5.74) is 0. The van der Waals surface area contributed by atoms with Crippen LogP contribution in [0.2, 0.25) is 0 Å². The summed E-state index contributed by atoms with van der Waals surface area (Å²) in [7, 11) is 0. The molecule has 2 aliphatic rings. The zero-order valence-electron chi connectivity index (χ0n) is 7.68. The molecule has 0 heteroatoms. The molecule has 0 aromatic heterocycles. The molecule has 0 nitrogen and oxygen atoms in total. The van der Waals surface area contributed by atoms with Crippen molar-refractivity contribution < 1.29 is 0 Å². The van der Waals surface area contributed by atoms with E-state index in [1.54, 1.807) is 25.7 Å². The standard InChI is InChI=1S/C11H20.2CH4/c1-9-6-7-10-4-2-3-5-11(10)8-9;;/h9-11H,2-8H2,1H3;2*1H4. The second kappa shape index (κ2) is 5.67. The molecule has 0 N–H and O–H groups in total. The van der Waals surface area contributed by atoms with E-state index in [0.29, 0.717) is 0 Å². The third-order valence-corrected chi connectivity index (χ3v) is 3.80. The normalized spacial score (nSPS) is 38.1. The van der Waals surface area contributed by atoms with Gasteiger partial charge >= 0.3 is 0 Å². The van der Waals surface area contributed by atoms with Crippen molar-refractivity contribution in [1.29, 1.82) is 0 Å². The van der Waals surface area contributed by atoms with Crippen molar-refractivity contribution >= 4 is 0 Å². The van der Waals surface area contributed by atoms with Gasteiger partial charge in [-0.2, -0.15) is 0 Å². The van der Waals surface area contributed by atoms with Gasteiger partial charge in [-0.05, 0) is 30.6 Å². The molecule has 2 saturated carbocycles. The Hall–Kier alpha value is 0. The Bertz CT molecular complexity index is 128. The van der Waals surface area contributed by atoms with E-state index in [2.05, 4.69) is 6.92 Å². The fraction of sp³-hybridized carbons (Fsp3) is 1.00. The Labute approximate surface area is 85.1 Å². The van der Waals surface area contributed by atoms with Crippen LogP contribution in [0.4, 0.5) is 0 Å². The molecule has 0 bridgehead atoms. The maximum Gasteiger partial charge on any atom is -0.0383 e. The van der Waals surface area contributed by atoms with Gasteiger partial charge in [0, 0.05) is 0 Å². The fourth-order valence-corrected chi connectivity index (χ4v) is 3.11. The molecule has 80 valence electrons. The lowest BCUT2D eigenvalue weighted by Crippen LogP contribution is -2.26. The van der Waals surface area contributed by atoms with Crippen LogP contribution in [0.25, 0.3) is 0 Å². The molecule has 3 atom stereocenters. The summed E-state index contributed by atoms with van der Waals surface area (Å²) in [5.74, 6) is 3.31. The van der Waals surface area contributed by atoms with Crippen molar-refractivity contribution in [2.24, 2.45) is 17.8 Å². The summed E-state index contributed by atoms with van der Waals surface area (Å²) in [6.45, 7) is 2.44. The quantitative estimate of drug-likeness (QED) is 0.503. The van der Waals surface area contributed by atoms with Gasteiger partial charge in [0.25, 0.3) is 0 Å². The monoisotopic (exact) mass is 184 g/mol. The Morgan fingerprint density at radius 3 is 2.08 bits per heavy atom.